The first-order chi connectivity index (χ1) is 5.61. The molecule has 0 rings (SSSR count). The lowest BCUT2D eigenvalue weighted by Crippen LogP contribution is -2.70. The van der Waals surface area contributed by atoms with Gasteiger partial charge in [-0.1, -0.05) is 6.58 Å². The number of hydrogen-bond donors (Lipinski definition) is 3. The zero-order valence-corrected chi connectivity index (χ0v) is 6.57. The Morgan fingerprint density at radius 1 is 1.58 bits per heavy atom. The van der Waals surface area contributed by atoms with Gasteiger partial charge in [-0.05, 0) is 11.2 Å². The highest BCUT2D eigenvalue weighted by Gasteiger charge is 2.14. The highest BCUT2D eigenvalue weighted by molar-refractivity contribution is 6.38. The summed E-state index contributed by atoms with van der Waals surface area (Å²) in [7, 11) is 1.17. The molecule has 12 heavy (non-hydrogen) atoms. The van der Waals surface area contributed by atoms with Crippen molar-refractivity contribution in [1.29, 1.82) is 0 Å². The van der Waals surface area contributed by atoms with Gasteiger partial charge < -0.3 is 9.84 Å². The number of hydrogen-bond acceptors (Lipinski definition) is 4. The van der Waals surface area contributed by atoms with Crippen LogP contribution in [0.15, 0.2) is 24.5 Å². The van der Waals surface area contributed by atoms with E-state index < -0.39 is 5.97 Å². The number of carbonyl (C=O) groups is 1. The molecule has 0 aromatic heterocycles. The molecular weight excluding hydrogens is 162 g/mol. The fraction of sp³-hybridized carbons (Fsp3) is 0.143. The molecule has 0 aliphatic carbocycles. The Morgan fingerprint density at radius 2 is 2.17 bits per heavy atom. The molecule has 0 atom stereocenters. The van der Waals surface area contributed by atoms with Crippen molar-refractivity contribution < 1.29 is 25.0 Å². The second kappa shape index (κ2) is 4.95. The van der Waals surface area contributed by atoms with Crippen LogP contribution < -0.4 is 5.16 Å². The number of esters is 1. The lowest BCUT2D eigenvalue weighted by Gasteiger charge is -1.89. The van der Waals surface area contributed by atoms with Crippen molar-refractivity contribution in [3.8, 4) is 0 Å². The van der Waals surface area contributed by atoms with Gasteiger partial charge in [-0.15, -0.1) is 0 Å². The number of aliphatic hydroxyl groups excluding tert-OH is 1. The summed E-state index contributed by atoms with van der Waals surface area (Å²) in [6, 6.07) is 0. The van der Waals surface area contributed by atoms with Crippen molar-refractivity contribution in [2.45, 2.75) is 0 Å². The van der Waals surface area contributed by atoms with E-state index in [1.165, 1.54) is 7.11 Å². The van der Waals surface area contributed by atoms with E-state index in [4.69, 9.17) is 10.3 Å². The molecule has 5 nitrogen and oxygen atoms in total. The van der Waals surface area contributed by atoms with E-state index in [0.717, 1.165) is 12.2 Å². The van der Waals surface area contributed by atoms with Crippen LogP contribution in [0.4, 0.5) is 0 Å². The van der Waals surface area contributed by atoms with Gasteiger partial charge in [-0.2, -0.15) is 0 Å². The Hall–Kier alpha value is -1.78. The SMILES string of the molecule is C=C(O)/C=C\C(=[NH+]O)C(=O)OC. The monoisotopic (exact) mass is 172 g/mol. The summed E-state index contributed by atoms with van der Waals surface area (Å²) in [5.74, 6) is -0.971. The van der Waals surface area contributed by atoms with Crippen LogP contribution in [-0.2, 0) is 9.53 Å². The molecule has 0 aliphatic rings. The molecule has 3 N–H and O–H groups in total. The van der Waals surface area contributed by atoms with E-state index in [9.17, 15) is 4.79 Å². The highest BCUT2D eigenvalue weighted by Crippen LogP contribution is 1.85. The Labute approximate surface area is 69.3 Å². The number of ether oxygens (including phenoxy) is 1. The van der Waals surface area contributed by atoms with E-state index in [1.807, 2.05) is 0 Å². The molecular formula is C7H10NO4+. The Bertz CT molecular complexity index is 242. The minimum absolute atomic E-state index is 0.187. The topological polar surface area (TPSA) is 80.7 Å². The van der Waals surface area contributed by atoms with Gasteiger partial charge in [-0.25, -0.2) is 4.79 Å². The van der Waals surface area contributed by atoms with E-state index in [1.54, 1.807) is 5.16 Å². The lowest BCUT2D eigenvalue weighted by molar-refractivity contribution is -0.736. The first-order valence-electron chi connectivity index (χ1n) is 3.03. The quantitative estimate of drug-likeness (QED) is 0.123. The predicted molar refractivity (Wildman–Crippen MR) is 40.7 cm³/mol. The maximum atomic E-state index is 10.7. The number of allylic oxidation sites excluding steroid dienone is 1. The lowest BCUT2D eigenvalue weighted by atomic mass is 10.3. The normalized spacial score (nSPS) is 11.6. The summed E-state index contributed by atoms with van der Waals surface area (Å²) in [5.41, 5.74) is -0.187. The van der Waals surface area contributed by atoms with E-state index >= 15 is 0 Å². The molecule has 0 aliphatic heterocycles. The molecule has 0 heterocycles. The van der Waals surface area contributed by atoms with Crippen molar-refractivity contribution >= 4 is 11.7 Å². The van der Waals surface area contributed by atoms with Gasteiger partial charge in [-0.3, -0.25) is 5.21 Å². The zero-order valence-electron chi connectivity index (χ0n) is 6.57. The maximum absolute atomic E-state index is 10.7. The molecule has 0 fully saturated rings. The second-order valence-electron chi connectivity index (χ2n) is 1.84. The van der Waals surface area contributed by atoms with Crippen LogP contribution in [0, 0.1) is 0 Å². The largest absolute Gasteiger partial charge is 0.509 e. The summed E-state index contributed by atoms with van der Waals surface area (Å²) >= 11 is 0. The Kier molecular flexibility index (Phi) is 4.21. The molecule has 0 spiro atoms. The van der Waals surface area contributed by atoms with Crippen LogP contribution in [0.3, 0.4) is 0 Å². The Morgan fingerprint density at radius 3 is 2.50 bits per heavy atom. The summed E-state index contributed by atoms with van der Waals surface area (Å²) in [6.07, 6.45) is 2.27. The number of aliphatic hydroxyl groups is 1. The number of nitrogens with one attached hydrogen (secondary N) is 1. The average molecular weight is 172 g/mol. The van der Waals surface area contributed by atoms with E-state index in [-0.39, 0.29) is 11.5 Å². The van der Waals surface area contributed by atoms with Crippen LogP contribution in [0.5, 0.6) is 0 Å². The molecule has 0 unspecified atom stereocenters. The summed E-state index contributed by atoms with van der Waals surface area (Å²) in [4.78, 5) is 10.7. The van der Waals surface area contributed by atoms with Crippen molar-refractivity contribution in [1.82, 2.24) is 0 Å². The van der Waals surface area contributed by atoms with Gasteiger partial charge in [0.15, 0.2) is 0 Å². The van der Waals surface area contributed by atoms with Crippen molar-refractivity contribution in [2.75, 3.05) is 7.11 Å². The van der Waals surface area contributed by atoms with Gasteiger partial charge >= 0.3 is 11.7 Å². The van der Waals surface area contributed by atoms with Gasteiger partial charge in [0.05, 0.1) is 7.11 Å². The molecule has 66 valence electrons. The third-order valence-electron chi connectivity index (χ3n) is 0.968. The fourth-order valence-electron chi connectivity index (χ4n) is 0.440. The minimum Gasteiger partial charge on any atom is -0.509 e. The molecule has 0 aromatic rings. The summed E-state index contributed by atoms with van der Waals surface area (Å²) in [5, 5.41) is 18.6. The summed E-state index contributed by atoms with van der Waals surface area (Å²) < 4.78 is 4.27. The van der Waals surface area contributed by atoms with Crippen LogP contribution in [0.1, 0.15) is 0 Å². The maximum Gasteiger partial charge on any atom is 0.407 e. The molecule has 0 saturated carbocycles. The Balaban J connectivity index is 4.40. The second-order valence-corrected chi connectivity index (χ2v) is 1.84. The molecule has 5 heteroatoms. The third kappa shape index (κ3) is 3.40. The van der Waals surface area contributed by atoms with Crippen molar-refractivity contribution in [3.05, 3.63) is 24.5 Å². The molecule has 0 bridgehead atoms. The molecule has 0 aromatic carbocycles. The zero-order chi connectivity index (χ0) is 9.56. The molecule has 0 radical (unpaired) electrons. The van der Waals surface area contributed by atoms with Crippen LogP contribution in [-0.4, -0.2) is 29.1 Å². The van der Waals surface area contributed by atoms with Gasteiger partial charge in [0, 0.05) is 6.08 Å². The van der Waals surface area contributed by atoms with E-state index in [2.05, 4.69) is 11.3 Å². The van der Waals surface area contributed by atoms with Crippen LogP contribution in [0.2, 0.25) is 0 Å². The van der Waals surface area contributed by atoms with E-state index in [0.29, 0.717) is 0 Å². The molecule has 0 amide bonds. The standard InChI is InChI=1S/C7H9NO4/c1-5(9)3-4-6(8-11)7(10)12-2/h3-4,9,11H,1H2,2H3/p+1/b4-3-,8-6?. The first-order valence-corrected chi connectivity index (χ1v) is 3.03. The van der Waals surface area contributed by atoms with Gasteiger partial charge in [0.1, 0.15) is 5.76 Å². The van der Waals surface area contributed by atoms with Gasteiger partial charge in [0.25, 0.3) is 0 Å². The van der Waals surface area contributed by atoms with Crippen LogP contribution >= 0.6 is 0 Å². The highest BCUT2D eigenvalue weighted by atomic mass is 16.5. The predicted octanol–water partition coefficient (Wildman–Crippen LogP) is -1.30. The average Bonchev–Trinajstić information content (AvgIpc) is 2.04. The van der Waals surface area contributed by atoms with Crippen molar-refractivity contribution in [2.24, 2.45) is 0 Å². The minimum atomic E-state index is -0.741. The number of rotatable bonds is 3. The number of methoxy groups -OCH3 is 1. The first kappa shape index (κ1) is 10.2. The molecule has 0 saturated heterocycles. The van der Waals surface area contributed by atoms with Crippen molar-refractivity contribution in [3.63, 3.8) is 0 Å². The number of carbonyl (C=O) groups excluding carboxylic acids is 1. The summed E-state index contributed by atoms with van der Waals surface area (Å²) in [6.45, 7) is 3.14. The smallest absolute Gasteiger partial charge is 0.407 e. The van der Waals surface area contributed by atoms with Gasteiger partial charge in [0.2, 0.25) is 0 Å². The van der Waals surface area contributed by atoms with Crippen LogP contribution in [0.25, 0.3) is 0 Å². The third-order valence-corrected chi connectivity index (χ3v) is 0.968. The fourth-order valence-corrected chi connectivity index (χ4v) is 0.440.